The minimum atomic E-state index is -1.50. The molecule has 0 amide bonds. The van der Waals surface area contributed by atoms with Gasteiger partial charge in [-0.1, -0.05) is 72.8 Å². The summed E-state index contributed by atoms with van der Waals surface area (Å²) < 4.78 is 0. The van der Waals surface area contributed by atoms with Crippen LogP contribution in [0.2, 0.25) is 0 Å². The molecular weight excluding hydrogens is 492 g/mol. The zero-order valence-corrected chi connectivity index (χ0v) is 20.0. The van der Waals surface area contributed by atoms with Gasteiger partial charge in [0, 0.05) is 0 Å². The highest BCUT2D eigenvalue weighted by molar-refractivity contribution is 6.73. The van der Waals surface area contributed by atoms with Crippen molar-refractivity contribution in [3.8, 4) is 22.3 Å². The van der Waals surface area contributed by atoms with E-state index in [0.29, 0.717) is 22.3 Å². The van der Waals surface area contributed by atoms with E-state index in [1.54, 1.807) is 60.7 Å². The van der Waals surface area contributed by atoms with E-state index in [9.17, 15) is 39.6 Å². The van der Waals surface area contributed by atoms with Crippen LogP contribution in [-0.4, -0.2) is 53.8 Å². The predicted molar refractivity (Wildman–Crippen MR) is 137 cm³/mol. The molecule has 4 aromatic carbocycles. The molecule has 0 unspecified atom stereocenters. The molecule has 2 radical (unpaired) electrons. The third kappa shape index (κ3) is 4.88. The topological polar surface area (TPSA) is 149 Å². The Morgan fingerprint density at radius 1 is 0.459 bits per heavy atom. The molecule has 0 atom stereocenters. The van der Waals surface area contributed by atoms with Crippen LogP contribution in [0.25, 0.3) is 22.3 Å². The van der Waals surface area contributed by atoms with Crippen molar-refractivity contribution in [3.63, 3.8) is 0 Å². The molecule has 0 aliphatic rings. The molecule has 0 spiro atoms. The summed E-state index contributed by atoms with van der Waals surface area (Å²) in [5, 5.41) is 39.8. The minimum absolute atomic E-state index is 0.0841. The summed E-state index contributed by atoms with van der Waals surface area (Å²) in [6, 6.07) is 22.7. The molecule has 0 aliphatic heterocycles. The summed E-state index contributed by atoms with van der Waals surface area (Å²) in [5.74, 6) is -5.90. The van der Waals surface area contributed by atoms with Gasteiger partial charge in [-0.25, -0.2) is 19.2 Å². The Morgan fingerprint density at radius 3 is 1.11 bits per heavy atom. The van der Waals surface area contributed by atoms with Gasteiger partial charge in [0.2, 0.25) is 0 Å². The van der Waals surface area contributed by atoms with Crippen molar-refractivity contribution in [1.82, 2.24) is 0 Å². The van der Waals surface area contributed by atoms with Gasteiger partial charge in [-0.05, 0) is 44.8 Å². The van der Waals surface area contributed by atoms with Crippen LogP contribution in [0.1, 0.15) is 41.4 Å². The summed E-state index contributed by atoms with van der Waals surface area (Å²) in [5.41, 5.74) is 0.111. The molecule has 0 aliphatic carbocycles. The van der Waals surface area contributed by atoms with E-state index >= 15 is 0 Å². The van der Waals surface area contributed by atoms with Crippen molar-refractivity contribution in [1.29, 1.82) is 0 Å². The highest BCUT2D eigenvalue weighted by atomic mass is 28.2. The molecule has 0 heterocycles. The van der Waals surface area contributed by atoms with E-state index < -0.39 is 55.7 Å². The Labute approximate surface area is 212 Å². The maximum Gasteiger partial charge on any atom is 0.336 e. The van der Waals surface area contributed by atoms with Gasteiger partial charge in [-0.2, -0.15) is 0 Å². The van der Waals surface area contributed by atoms with E-state index in [1.165, 1.54) is 24.3 Å². The molecule has 8 nitrogen and oxygen atoms in total. The quantitative estimate of drug-likeness (QED) is 0.263. The fraction of sp³-hybridized carbons (Fsp3) is 0. The number of rotatable bonds is 8. The number of benzene rings is 4. The lowest BCUT2D eigenvalue weighted by molar-refractivity contribution is 0.0652. The first-order valence-electron chi connectivity index (χ1n) is 10.9. The normalized spacial score (nSPS) is 10.6. The fourth-order valence-electron chi connectivity index (χ4n) is 4.11. The summed E-state index contributed by atoms with van der Waals surface area (Å²) in [6.07, 6.45) is 0. The lowest BCUT2D eigenvalue weighted by Crippen LogP contribution is -2.39. The summed E-state index contributed by atoms with van der Waals surface area (Å²) in [7, 11) is -0.701. The highest BCUT2D eigenvalue weighted by Crippen LogP contribution is 2.24. The Morgan fingerprint density at radius 2 is 0.811 bits per heavy atom. The van der Waals surface area contributed by atoms with Gasteiger partial charge in [0.15, 0.2) is 0 Å². The largest absolute Gasteiger partial charge is 0.478 e. The van der Waals surface area contributed by atoms with Crippen molar-refractivity contribution < 1.29 is 39.6 Å². The highest BCUT2D eigenvalue weighted by Gasteiger charge is 2.29. The van der Waals surface area contributed by atoms with E-state index in [2.05, 4.69) is 0 Å². The zero-order valence-electron chi connectivity index (χ0n) is 19.0. The number of carbonyl (C=O) groups is 4. The molecule has 182 valence electrons. The summed E-state index contributed by atoms with van der Waals surface area (Å²) in [6.45, 7) is 0. The number of hydrogen-bond donors (Lipinski definition) is 4. The maximum atomic E-state index is 12.4. The molecule has 0 saturated heterocycles. The molecule has 37 heavy (non-hydrogen) atoms. The molecule has 4 N–H and O–H groups in total. The second-order valence-corrected chi connectivity index (χ2v) is 9.15. The Hall–Kier alpha value is -5.02. The average molecular weight is 511 g/mol. The van der Waals surface area contributed by atoms with Gasteiger partial charge in [-0.15, -0.1) is 0 Å². The van der Waals surface area contributed by atoms with Crippen LogP contribution in [0.4, 0.5) is 0 Å². The van der Waals surface area contributed by atoms with Gasteiger partial charge in [-0.3, -0.25) is 0 Å². The Kier molecular flexibility index (Phi) is 6.98. The predicted octanol–water partition coefficient (Wildman–Crippen LogP) is 3.47. The maximum absolute atomic E-state index is 12.4. The van der Waals surface area contributed by atoms with Crippen LogP contribution >= 0.6 is 0 Å². The van der Waals surface area contributed by atoms with Crippen molar-refractivity contribution in [3.05, 3.63) is 107 Å². The minimum Gasteiger partial charge on any atom is -0.478 e. The van der Waals surface area contributed by atoms with Crippen LogP contribution in [0.5, 0.6) is 0 Å². The first kappa shape index (κ1) is 25.1. The average Bonchev–Trinajstić information content (AvgIpc) is 2.88. The van der Waals surface area contributed by atoms with Crippen LogP contribution in [0.15, 0.2) is 84.9 Å². The molecule has 0 fully saturated rings. The van der Waals surface area contributed by atoms with Crippen LogP contribution < -0.4 is 10.4 Å². The molecule has 0 bridgehead atoms. The molecule has 4 aromatic rings. The van der Waals surface area contributed by atoms with Gasteiger partial charge >= 0.3 is 23.9 Å². The van der Waals surface area contributed by atoms with Gasteiger partial charge in [0.25, 0.3) is 0 Å². The standard InChI is InChI=1S/C28H18O8Si/c29-25(30)19-13-11-17(15-7-3-1-4-8-15)23(21(19)27(33)34)37-24-18(16-9-5-2-6-10-16)12-14-20(26(31)32)22(24)28(35)36/h1-14H,(H,29,30)(H,31,32)(H,33,34)(H,35,36). The monoisotopic (exact) mass is 510 g/mol. The number of carboxylic acid groups (broad SMARTS) is 4. The van der Waals surface area contributed by atoms with Gasteiger partial charge in [0.05, 0.1) is 22.3 Å². The molecule has 0 saturated carbocycles. The van der Waals surface area contributed by atoms with E-state index in [-0.39, 0.29) is 10.4 Å². The van der Waals surface area contributed by atoms with E-state index in [0.717, 1.165) is 0 Å². The second kappa shape index (κ2) is 10.3. The lowest BCUT2D eigenvalue weighted by Gasteiger charge is -2.19. The molecule has 4 rings (SSSR count). The number of aromatic carboxylic acids is 4. The van der Waals surface area contributed by atoms with Crippen molar-refractivity contribution >= 4 is 43.8 Å². The third-order valence-electron chi connectivity index (χ3n) is 5.72. The lowest BCUT2D eigenvalue weighted by atomic mass is 9.98. The fourth-order valence-corrected chi connectivity index (χ4v) is 5.82. The second-order valence-electron chi connectivity index (χ2n) is 7.90. The zero-order chi connectivity index (χ0) is 26.7. The smallest absolute Gasteiger partial charge is 0.336 e. The Balaban J connectivity index is 2.12. The van der Waals surface area contributed by atoms with Gasteiger partial charge in [0.1, 0.15) is 9.52 Å². The SMILES string of the molecule is O=C(O)c1ccc(-c2ccccc2)c([Si]c2c(-c3ccccc3)ccc(C(=O)O)c2C(=O)O)c1C(=O)O. The van der Waals surface area contributed by atoms with Crippen LogP contribution in [-0.2, 0) is 0 Å². The summed E-state index contributed by atoms with van der Waals surface area (Å²) in [4.78, 5) is 48.7. The van der Waals surface area contributed by atoms with Crippen molar-refractivity contribution in [2.45, 2.75) is 0 Å². The van der Waals surface area contributed by atoms with E-state index in [4.69, 9.17) is 0 Å². The van der Waals surface area contributed by atoms with Crippen LogP contribution in [0.3, 0.4) is 0 Å². The third-order valence-corrected chi connectivity index (χ3v) is 7.26. The number of carboxylic acids is 4. The first-order valence-corrected chi connectivity index (χ1v) is 11.9. The van der Waals surface area contributed by atoms with Crippen LogP contribution in [0, 0.1) is 0 Å². The molecular formula is C28H18O8Si. The number of hydrogen-bond acceptors (Lipinski definition) is 4. The first-order chi connectivity index (χ1) is 17.7. The summed E-state index contributed by atoms with van der Waals surface area (Å²) >= 11 is 0. The Bertz CT molecular complexity index is 1430. The van der Waals surface area contributed by atoms with E-state index in [1.807, 2.05) is 0 Å². The molecule has 9 heteroatoms. The molecule has 0 aromatic heterocycles. The van der Waals surface area contributed by atoms with Gasteiger partial charge < -0.3 is 20.4 Å². The van der Waals surface area contributed by atoms with Crippen molar-refractivity contribution in [2.75, 3.05) is 0 Å². The van der Waals surface area contributed by atoms with Crippen molar-refractivity contribution in [2.24, 2.45) is 0 Å².